The zero-order chi connectivity index (χ0) is 19.8. The van der Waals surface area contributed by atoms with Gasteiger partial charge in [-0.15, -0.1) is 0 Å². The van der Waals surface area contributed by atoms with Crippen molar-refractivity contribution in [1.29, 1.82) is 0 Å². The van der Waals surface area contributed by atoms with Gasteiger partial charge in [0.05, 0.1) is 12.8 Å². The van der Waals surface area contributed by atoms with Gasteiger partial charge in [-0.3, -0.25) is 4.57 Å². The lowest BCUT2D eigenvalue weighted by Crippen LogP contribution is -2.36. The van der Waals surface area contributed by atoms with Crippen LogP contribution in [0.3, 0.4) is 0 Å². The molecule has 1 aliphatic rings. The zero-order valence-electron chi connectivity index (χ0n) is 16.8. The maximum atomic E-state index is 10.9. The fraction of sp³-hybridized carbons (Fsp3) is 0.714. The van der Waals surface area contributed by atoms with Crippen LogP contribution in [0.25, 0.3) is 0 Å². The van der Waals surface area contributed by atoms with Crippen LogP contribution in [0.4, 0.5) is 0 Å². The topological polar surface area (TPSA) is 76.0 Å². The average molecular weight is 398 g/mol. The Bertz CT molecular complexity index is 627. The van der Waals surface area contributed by atoms with Crippen molar-refractivity contribution in [2.45, 2.75) is 83.7 Å². The van der Waals surface area contributed by atoms with Crippen LogP contribution < -0.4 is 9.47 Å². The van der Waals surface area contributed by atoms with Crippen LogP contribution in [-0.4, -0.2) is 28.2 Å². The van der Waals surface area contributed by atoms with E-state index in [1.807, 2.05) is 18.2 Å². The van der Waals surface area contributed by atoms with Crippen molar-refractivity contribution < 1.29 is 23.8 Å². The molecule has 1 atom stereocenters. The van der Waals surface area contributed by atoms with Gasteiger partial charge >= 0.3 is 7.60 Å². The lowest BCUT2D eigenvalue weighted by molar-refractivity contribution is 0.0533. The number of hydrogen-bond donors (Lipinski definition) is 2. The van der Waals surface area contributed by atoms with Crippen LogP contribution in [-0.2, 0) is 11.0 Å². The first-order valence-electron chi connectivity index (χ1n) is 10.3. The fourth-order valence-electron chi connectivity index (χ4n) is 3.57. The van der Waals surface area contributed by atoms with Crippen molar-refractivity contribution in [3.8, 4) is 11.5 Å². The summed E-state index contributed by atoms with van der Waals surface area (Å²) in [6.07, 6.45) is 11.9. The Morgan fingerprint density at radius 2 is 1.85 bits per heavy atom. The third kappa shape index (κ3) is 8.25. The molecule has 1 aliphatic heterocycles. The Hall–Kier alpha value is -1.03. The highest BCUT2D eigenvalue weighted by Gasteiger charge is 2.31. The monoisotopic (exact) mass is 398 g/mol. The molecule has 0 amide bonds. The van der Waals surface area contributed by atoms with E-state index in [-0.39, 0.29) is 18.4 Å². The number of fused-ring (bicyclic) bond motifs is 1. The van der Waals surface area contributed by atoms with Crippen LogP contribution in [0.1, 0.15) is 77.2 Å². The van der Waals surface area contributed by atoms with Crippen molar-refractivity contribution in [3.05, 3.63) is 23.8 Å². The first-order chi connectivity index (χ1) is 12.8. The summed E-state index contributed by atoms with van der Waals surface area (Å²) in [5.74, 6) is 1.55. The van der Waals surface area contributed by atoms with E-state index in [2.05, 4.69) is 13.8 Å². The van der Waals surface area contributed by atoms with Gasteiger partial charge in [-0.25, -0.2) is 0 Å². The van der Waals surface area contributed by atoms with E-state index in [1.165, 1.54) is 44.9 Å². The van der Waals surface area contributed by atoms with E-state index in [0.717, 1.165) is 30.6 Å². The number of ether oxygens (including phenoxy) is 2. The second-order valence-corrected chi connectivity index (χ2v) is 9.71. The standard InChI is InChI=1S/C21H35O5P/c1-3-4-5-6-7-8-9-13-21(2)14-12-18-17-19(10-11-20(18)26-21)25-15-16-27(22,23)24/h10-11,17H,3-9,12-16H2,1-2H3,(H2,22,23,24). The van der Waals surface area contributed by atoms with Gasteiger partial charge in [-0.05, 0) is 56.4 Å². The Labute approximate surface area is 163 Å². The van der Waals surface area contributed by atoms with Gasteiger partial charge in [0.1, 0.15) is 17.1 Å². The molecule has 2 N–H and O–H groups in total. The molecule has 5 nitrogen and oxygen atoms in total. The summed E-state index contributed by atoms with van der Waals surface area (Å²) in [4.78, 5) is 17.8. The quantitative estimate of drug-likeness (QED) is 0.361. The van der Waals surface area contributed by atoms with Crippen LogP contribution >= 0.6 is 7.60 Å². The summed E-state index contributed by atoms with van der Waals surface area (Å²) in [5.41, 5.74) is 1.01. The molecule has 1 aromatic rings. The van der Waals surface area contributed by atoms with E-state index < -0.39 is 7.60 Å². The molecule has 0 fully saturated rings. The molecule has 154 valence electrons. The number of hydrogen-bond acceptors (Lipinski definition) is 3. The van der Waals surface area contributed by atoms with Crippen LogP contribution in [0.15, 0.2) is 18.2 Å². The zero-order valence-corrected chi connectivity index (χ0v) is 17.7. The molecule has 0 spiro atoms. The summed E-state index contributed by atoms with van der Waals surface area (Å²) in [5, 5.41) is 0. The maximum absolute atomic E-state index is 10.9. The van der Waals surface area contributed by atoms with E-state index in [4.69, 9.17) is 19.3 Å². The SMILES string of the molecule is CCCCCCCCCC1(C)CCc2cc(OCCP(=O)(O)O)ccc2O1. The second-order valence-electron chi connectivity index (χ2n) is 7.93. The second kappa shape index (κ2) is 10.5. The molecule has 0 saturated carbocycles. The third-order valence-corrected chi connectivity index (χ3v) is 6.04. The average Bonchev–Trinajstić information content (AvgIpc) is 2.60. The molecule has 0 aliphatic carbocycles. The van der Waals surface area contributed by atoms with Gasteiger partial charge < -0.3 is 19.3 Å². The Kier molecular flexibility index (Phi) is 8.65. The van der Waals surface area contributed by atoms with Gasteiger partial charge in [-0.2, -0.15) is 0 Å². The smallest absolute Gasteiger partial charge is 0.328 e. The van der Waals surface area contributed by atoms with E-state index in [0.29, 0.717) is 5.75 Å². The predicted molar refractivity (Wildman–Crippen MR) is 109 cm³/mol. The molecule has 0 bridgehead atoms. The fourth-order valence-corrected chi connectivity index (χ4v) is 3.90. The van der Waals surface area contributed by atoms with Crippen molar-refractivity contribution in [2.24, 2.45) is 0 Å². The lowest BCUT2D eigenvalue weighted by Gasteiger charge is -2.36. The van der Waals surface area contributed by atoms with E-state index in [9.17, 15) is 4.57 Å². The Balaban J connectivity index is 1.77. The minimum atomic E-state index is -4.01. The largest absolute Gasteiger partial charge is 0.493 e. The van der Waals surface area contributed by atoms with Crippen molar-refractivity contribution in [1.82, 2.24) is 0 Å². The van der Waals surface area contributed by atoms with Gasteiger partial charge in [0, 0.05) is 0 Å². The molecule has 6 heteroatoms. The summed E-state index contributed by atoms with van der Waals surface area (Å²) < 4.78 is 22.7. The number of rotatable bonds is 12. The number of benzene rings is 1. The number of unbranched alkanes of at least 4 members (excludes halogenated alkanes) is 6. The Morgan fingerprint density at radius 3 is 2.56 bits per heavy atom. The highest BCUT2D eigenvalue weighted by Crippen LogP contribution is 2.38. The van der Waals surface area contributed by atoms with E-state index >= 15 is 0 Å². The van der Waals surface area contributed by atoms with Gasteiger partial charge in [0.2, 0.25) is 0 Å². The highest BCUT2D eigenvalue weighted by molar-refractivity contribution is 7.51. The Morgan fingerprint density at radius 1 is 1.15 bits per heavy atom. The molecule has 2 rings (SSSR count). The lowest BCUT2D eigenvalue weighted by atomic mass is 9.88. The summed E-state index contributed by atoms with van der Waals surface area (Å²) in [6.45, 7) is 4.47. The highest BCUT2D eigenvalue weighted by atomic mass is 31.2. The maximum Gasteiger partial charge on any atom is 0.328 e. The molecule has 27 heavy (non-hydrogen) atoms. The van der Waals surface area contributed by atoms with Crippen molar-refractivity contribution in [3.63, 3.8) is 0 Å². The minimum Gasteiger partial charge on any atom is -0.493 e. The molecule has 1 heterocycles. The summed E-state index contributed by atoms with van der Waals surface area (Å²) in [6, 6.07) is 5.67. The van der Waals surface area contributed by atoms with Crippen LogP contribution in [0, 0.1) is 0 Å². The van der Waals surface area contributed by atoms with Crippen LogP contribution in [0.2, 0.25) is 0 Å². The van der Waals surface area contributed by atoms with Crippen molar-refractivity contribution >= 4 is 7.60 Å². The third-order valence-electron chi connectivity index (χ3n) is 5.27. The van der Waals surface area contributed by atoms with E-state index in [1.54, 1.807) is 0 Å². The molecular weight excluding hydrogens is 363 g/mol. The molecule has 0 radical (unpaired) electrons. The first-order valence-corrected chi connectivity index (χ1v) is 12.1. The molecule has 1 aromatic carbocycles. The van der Waals surface area contributed by atoms with Crippen molar-refractivity contribution in [2.75, 3.05) is 12.8 Å². The first kappa shape index (κ1) is 22.3. The normalized spacial score (nSPS) is 19.4. The minimum absolute atomic E-state index is 0.0138. The number of aryl methyl sites for hydroxylation is 1. The molecule has 0 aromatic heterocycles. The summed E-state index contributed by atoms with van der Waals surface area (Å²) >= 11 is 0. The van der Waals surface area contributed by atoms with Crippen LogP contribution in [0.5, 0.6) is 11.5 Å². The molecule has 1 unspecified atom stereocenters. The van der Waals surface area contributed by atoms with Gasteiger partial charge in [0.15, 0.2) is 0 Å². The van der Waals surface area contributed by atoms with Gasteiger partial charge in [-0.1, -0.05) is 45.4 Å². The van der Waals surface area contributed by atoms with Gasteiger partial charge in [0.25, 0.3) is 0 Å². The summed E-state index contributed by atoms with van der Waals surface area (Å²) in [7, 11) is -4.01. The molecule has 0 saturated heterocycles. The molecular formula is C21H35O5P. The predicted octanol–water partition coefficient (Wildman–Crippen LogP) is 5.47.